The highest BCUT2D eigenvalue weighted by Gasteiger charge is 2.30. The lowest BCUT2D eigenvalue weighted by molar-refractivity contribution is -0.161. The van der Waals surface area contributed by atoms with Crippen molar-refractivity contribution in [2.75, 3.05) is 39.6 Å². The van der Waals surface area contributed by atoms with E-state index in [2.05, 4.69) is 107 Å². The molecule has 0 aromatic rings. The molecule has 0 saturated heterocycles. The van der Waals surface area contributed by atoms with E-state index in [4.69, 9.17) is 37.0 Å². The van der Waals surface area contributed by atoms with E-state index in [9.17, 15) is 43.2 Å². The van der Waals surface area contributed by atoms with Crippen molar-refractivity contribution in [2.45, 2.75) is 341 Å². The van der Waals surface area contributed by atoms with Crippen molar-refractivity contribution >= 4 is 39.5 Å². The van der Waals surface area contributed by atoms with Crippen LogP contribution in [0.15, 0.2) is 97.2 Å². The van der Waals surface area contributed by atoms with E-state index in [1.54, 1.807) is 0 Å². The zero-order valence-electron chi connectivity index (χ0n) is 61.7. The number of aliphatic hydroxyl groups is 1. The van der Waals surface area contributed by atoms with Crippen LogP contribution in [0.5, 0.6) is 0 Å². The van der Waals surface area contributed by atoms with Gasteiger partial charge in [0, 0.05) is 25.7 Å². The highest BCUT2D eigenvalue weighted by Crippen LogP contribution is 2.45. The Hall–Kier alpha value is -4.02. The van der Waals surface area contributed by atoms with Gasteiger partial charge in [-0.3, -0.25) is 37.3 Å². The molecule has 0 aliphatic carbocycles. The lowest BCUT2D eigenvalue weighted by Crippen LogP contribution is -2.30. The fourth-order valence-corrected chi connectivity index (χ4v) is 11.7. The maximum Gasteiger partial charge on any atom is 0.472 e. The standard InChI is InChI=1S/C79H138O17P2/c1-5-9-13-17-21-25-29-32-34-35-36-37-39-41-45-48-52-56-60-64-77(82)90-70-75(96-79(84)66-62-58-54-50-46-42-38-33-30-26-22-18-14-10-6-2)72-94-98(87,88)92-68-73(80)67-91-97(85,86)93-71-74(95-78(83)65-61-57-53-49-43-28-24-20-16-12-8-4)69-89-76(81)63-59-55-51-47-44-40-31-27-23-19-15-11-7-3/h9,13,20-21,24-25,32-34,36-38,41,45,52,56,73-75,80H,5-8,10-12,14-19,22-23,26-31,35,39-40,42-44,46-51,53-55,57-72H2,1-4H3,(H,85,86)(H,87,88)/b13-9-,24-20-,25-21-,34-32-,37-36-,38-33-,45-41-,56-52-. The number of ether oxygens (including phenoxy) is 4. The van der Waals surface area contributed by atoms with Gasteiger partial charge >= 0.3 is 39.5 Å². The van der Waals surface area contributed by atoms with Crippen LogP contribution in [0.25, 0.3) is 0 Å². The second-order valence-corrected chi connectivity index (χ2v) is 28.5. The minimum Gasteiger partial charge on any atom is -0.462 e. The molecule has 19 heteroatoms. The van der Waals surface area contributed by atoms with E-state index >= 15 is 0 Å². The fourth-order valence-electron chi connectivity index (χ4n) is 10.2. The van der Waals surface area contributed by atoms with E-state index in [0.717, 1.165) is 128 Å². The average molecular weight is 1420 g/mol. The summed E-state index contributed by atoms with van der Waals surface area (Å²) in [5.41, 5.74) is 0. The Labute approximate surface area is 595 Å². The van der Waals surface area contributed by atoms with E-state index < -0.39 is 97.5 Å². The first-order valence-corrected chi connectivity index (χ1v) is 41.5. The molecule has 0 aliphatic rings. The first-order chi connectivity index (χ1) is 47.7. The predicted molar refractivity (Wildman–Crippen MR) is 399 cm³/mol. The number of aliphatic hydroxyl groups excluding tert-OH is 1. The highest BCUT2D eigenvalue weighted by atomic mass is 31.2. The number of carbonyl (C=O) groups is 4. The van der Waals surface area contributed by atoms with Crippen LogP contribution in [0.4, 0.5) is 0 Å². The quantitative estimate of drug-likeness (QED) is 0.0169. The van der Waals surface area contributed by atoms with Crippen molar-refractivity contribution in [3.63, 3.8) is 0 Å². The van der Waals surface area contributed by atoms with Crippen molar-refractivity contribution in [2.24, 2.45) is 0 Å². The van der Waals surface area contributed by atoms with Gasteiger partial charge < -0.3 is 33.8 Å². The van der Waals surface area contributed by atoms with Gasteiger partial charge in [0.2, 0.25) is 0 Å². The number of phosphoric ester groups is 2. The molecule has 0 amide bonds. The van der Waals surface area contributed by atoms with Crippen LogP contribution in [-0.4, -0.2) is 96.7 Å². The molecular weight excluding hydrogens is 1280 g/mol. The Morgan fingerprint density at radius 2 is 0.561 bits per heavy atom. The topological polar surface area (TPSA) is 237 Å². The van der Waals surface area contributed by atoms with Gasteiger partial charge in [-0.25, -0.2) is 9.13 Å². The SMILES string of the molecule is CC/C=C\C/C=C\C/C=C\C/C=C\C/C=C\C/C=C\CCC(=O)OCC(COP(=O)(O)OCC(O)COP(=O)(O)OCC(COC(=O)CCCCCCCCCCCCCCC)OC(=O)CCCCCCC/C=C\CCCC)OC(=O)CCCCCCC/C=C\CCCCCCCC. The second kappa shape index (κ2) is 71.4. The molecule has 0 saturated carbocycles. The first kappa shape index (κ1) is 94.0. The number of phosphoric acid groups is 2. The lowest BCUT2D eigenvalue weighted by Gasteiger charge is -2.21. The molecule has 0 aromatic heterocycles. The summed E-state index contributed by atoms with van der Waals surface area (Å²) < 4.78 is 68.3. The number of unbranched alkanes of at least 4 members (excludes halogenated alkanes) is 30. The van der Waals surface area contributed by atoms with Crippen LogP contribution < -0.4 is 0 Å². The Kier molecular flexibility index (Phi) is 68.4. The van der Waals surface area contributed by atoms with E-state index in [1.165, 1.54) is 109 Å². The van der Waals surface area contributed by atoms with Crippen LogP contribution in [-0.2, 0) is 65.4 Å². The summed E-state index contributed by atoms with van der Waals surface area (Å²) in [6.07, 6.45) is 74.2. The molecular formula is C79H138O17P2. The third-order valence-corrected chi connectivity index (χ3v) is 17.9. The maximum absolute atomic E-state index is 13.1. The summed E-state index contributed by atoms with van der Waals surface area (Å²) >= 11 is 0. The zero-order chi connectivity index (χ0) is 71.8. The normalized spacial score (nSPS) is 14.5. The van der Waals surface area contributed by atoms with Gasteiger partial charge in [-0.2, -0.15) is 0 Å². The first-order valence-electron chi connectivity index (χ1n) is 38.5. The zero-order valence-corrected chi connectivity index (χ0v) is 63.5. The molecule has 0 aliphatic heterocycles. The van der Waals surface area contributed by atoms with Crippen LogP contribution in [0.2, 0.25) is 0 Å². The van der Waals surface area contributed by atoms with E-state index in [1.807, 2.05) is 18.2 Å². The Balaban J connectivity index is 5.38. The second-order valence-electron chi connectivity index (χ2n) is 25.6. The number of hydrogen-bond acceptors (Lipinski definition) is 15. The number of carbonyl (C=O) groups excluding carboxylic acids is 4. The molecule has 5 atom stereocenters. The molecule has 3 N–H and O–H groups in total. The van der Waals surface area contributed by atoms with E-state index in [0.29, 0.717) is 32.1 Å². The summed E-state index contributed by atoms with van der Waals surface area (Å²) in [7, 11) is -9.96. The van der Waals surface area contributed by atoms with Crippen LogP contribution in [0.3, 0.4) is 0 Å². The molecule has 98 heavy (non-hydrogen) atoms. The monoisotopic (exact) mass is 1420 g/mol. The van der Waals surface area contributed by atoms with Crippen molar-refractivity contribution in [1.82, 2.24) is 0 Å². The minimum atomic E-state index is -4.99. The van der Waals surface area contributed by atoms with Crippen LogP contribution in [0, 0.1) is 0 Å². The molecule has 0 spiro atoms. The molecule has 0 bridgehead atoms. The molecule has 0 radical (unpaired) electrons. The molecule has 566 valence electrons. The largest absolute Gasteiger partial charge is 0.472 e. The smallest absolute Gasteiger partial charge is 0.462 e. The number of hydrogen-bond donors (Lipinski definition) is 3. The van der Waals surface area contributed by atoms with E-state index in [-0.39, 0.29) is 25.7 Å². The van der Waals surface area contributed by atoms with Crippen LogP contribution in [0.1, 0.15) is 323 Å². The number of allylic oxidation sites excluding steroid dienone is 16. The third kappa shape index (κ3) is 70.4. The third-order valence-electron chi connectivity index (χ3n) is 16.0. The summed E-state index contributed by atoms with van der Waals surface area (Å²) in [5, 5.41) is 10.6. The molecule has 0 rings (SSSR count). The van der Waals surface area contributed by atoms with Gasteiger partial charge in [-0.05, 0) is 109 Å². The maximum atomic E-state index is 13.1. The van der Waals surface area contributed by atoms with Gasteiger partial charge in [0.1, 0.15) is 19.3 Å². The predicted octanol–water partition coefficient (Wildman–Crippen LogP) is 22.0. The van der Waals surface area contributed by atoms with Gasteiger partial charge in [0.15, 0.2) is 12.2 Å². The molecule has 17 nitrogen and oxygen atoms in total. The van der Waals surface area contributed by atoms with Gasteiger partial charge in [0.25, 0.3) is 0 Å². The average Bonchev–Trinajstić information content (AvgIpc) is 0.992. The fraction of sp³-hybridized carbons (Fsp3) is 0.747. The summed E-state index contributed by atoms with van der Waals surface area (Å²) in [6, 6.07) is 0. The summed E-state index contributed by atoms with van der Waals surface area (Å²) in [5.74, 6) is -2.28. The summed E-state index contributed by atoms with van der Waals surface area (Å²) in [4.78, 5) is 72.8. The van der Waals surface area contributed by atoms with Crippen molar-refractivity contribution < 1.29 is 80.2 Å². The molecule has 0 heterocycles. The molecule has 5 unspecified atom stereocenters. The minimum absolute atomic E-state index is 0.0349. The van der Waals surface area contributed by atoms with Gasteiger partial charge in [-0.15, -0.1) is 0 Å². The number of rotatable bonds is 72. The van der Waals surface area contributed by atoms with Gasteiger partial charge in [0.05, 0.1) is 26.4 Å². The van der Waals surface area contributed by atoms with Crippen molar-refractivity contribution in [3.8, 4) is 0 Å². The molecule has 0 aromatic carbocycles. The Bertz CT molecular complexity index is 2240. The van der Waals surface area contributed by atoms with Crippen molar-refractivity contribution in [3.05, 3.63) is 97.2 Å². The Morgan fingerprint density at radius 3 is 0.908 bits per heavy atom. The highest BCUT2D eigenvalue weighted by molar-refractivity contribution is 7.47. The van der Waals surface area contributed by atoms with Crippen LogP contribution >= 0.6 is 15.6 Å². The number of esters is 4. The Morgan fingerprint density at radius 1 is 0.296 bits per heavy atom. The lowest BCUT2D eigenvalue weighted by atomic mass is 10.0. The summed E-state index contributed by atoms with van der Waals surface area (Å²) in [6.45, 7) is 4.63. The van der Waals surface area contributed by atoms with Gasteiger partial charge in [-0.1, -0.05) is 285 Å². The molecule has 0 fully saturated rings. The van der Waals surface area contributed by atoms with Crippen molar-refractivity contribution in [1.29, 1.82) is 0 Å².